The lowest BCUT2D eigenvalue weighted by Gasteiger charge is -2.24. The van der Waals surface area contributed by atoms with Gasteiger partial charge in [-0.2, -0.15) is 0 Å². The summed E-state index contributed by atoms with van der Waals surface area (Å²) >= 11 is 1.16. The average Bonchev–Trinajstić information content (AvgIpc) is 3.47. The van der Waals surface area contributed by atoms with Gasteiger partial charge in [-0.25, -0.2) is 13.4 Å². The standard InChI is InChI=1S/C19H19N3O7S2/c1-27-17(23)15(18(24)28-2)16(14-4-3-10-29-14)21-12-5-7-13(8-6-12)31(25,26)22-19-20-9-11-30-19/h3-11,15-16,21H,1-2H3,(H,20,22). The summed E-state index contributed by atoms with van der Waals surface area (Å²) in [7, 11) is -1.50. The van der Waals surface area contributed by atoms with Crippen molar-refractivity contribution in [3.05, 3.63) is 60.0 Å². The van der Waals surface area contributed by atoms with E-state index >= 15 is 0 Å². The number of esters is 2. The monoisotopic (exact) mass is 465 g/mol. The predicted molar refractivity (Wildman–Crippen MR) is 112 cm³/mol. The molecule has 12 heteroatoms. The highest BCUT2D eigenvalue weighted by Gasteiger charge is 2.39. The number of hydrogen-bond acceptors (Lipinski definition) is 10. The molecule has 0 amide bonds. The van der Waals surface area contributed by atoms with Gasteiger partial charge in [-0.1, -0.05) is 0 Å². The number of ether oxygens (including phenoxy) is 2. The summed E-state index contributed by atoms with van der Waals surface area (Å²) in [5.74, 6) is -2.68. The number of benzene rings is 1. The molecule has 1 atom stereocenters. The summed E-state index contributed by atoms with van der Waals surface area (Å²) in [6.07, 6.45) is 2.89. The lowest BCUT2D eigenvalue weighted by molar-refractivity contribution is -0.159. The van der Waals surface area contributed by atoms with Gasteiger partial charge in [0.15, 0.2) is 11.0 Å². The Balaban J connectivity index is 1.86. The first kappa shape index (κ1) is 22.3. The zero-order chi connectivity index (χ0) is 22.4. The van der Waals surface area contributed by atoms with Crippen molar-refractivity contribution < 1.29 is 31.9 Å². The molecular formula is C19H19N3O7S2. The minimum absolute atomic E-state index is 0.0142. The Bertz CT molecular complexity index is 1100. The molecule has 0 spiro atoms. The second kappa shape index (κ2) is 9.62. The maximum atomic E-state index is 12.5. The molecule has 0 radical (unpaired) electrons. The Labute approximate surface area is 182 Å². The van der Waals surface area contributed by atoms with Gasteiger partial charge in [0.2, 0.25) is 0 Å². The molecule has 0 fully saturated rings. The van der Waals surface area contributed by atoms with Crippen LogP contribution in [0.5, 0.6) is 0 Å². The van der Waals surface area contributed by atoms with E-state index in [9.17, 15) is 18.0 Å². The normalized spacial score (nSPS) is 12.2. The van der Waals surface area contributed by atoms with E-state index < -0.39 is 33.9 Å². The lowest BCUT2D eigenvalue weighted by Crippen LogP contribution is -2.35. The van der Waals surface area contributed by atoms with E-state index in [0.717, 1.165) is 25.6 Å². The molecule has 0 aliphatic heterocycles. The third kappa shape index (κ3) is 5.22. The smallest absolute Gasteiger partial charge is 0.322 e. The zero-order valence-electron chi connectivity index (χ0n) is 16.5. The molecule has 2 aromatic heterocycles. The van der Waals surface area contributed by atoms with Gasteiger partial charge >= 0.3 is 11.9 Å². The minimum atomic E-state index is -3.82. The van der Waals surface area contributed by atoms with Crippen molar-refractivity contribution in [3.63, 3.8) is 0 Å². The molecule has 0 aliphatic rings. The van der Waals surface area contributed by atoms with Crippen molar-refractivity contribution in [2.75, 3.05) is 24.3 Å². The van der Waals surface area contributed by atoms with Gasteiger partial charge in [0.1, 0.15) is 11.8 Å². The van der Waals surface area contributed by atoms with E-state index in [2.05, 4.69) is 15.0 Å². The van der Waals surface area contributed by atoms with E-state index in [-0.39, 0.29) is 10.0 Å². The third-order valence-corrected chi connectivity index (χ3v) is 6.41. The van der Waals surface area contributed by atoms with Crippen LogP contribution >= 0.6 is 11.3 Å². The second-order valence-electron chi connectivity index (χ2n) is 6.13. The van der Waals surface area contributed by atoms with E-state index in [1.807, 2.05) is 0 Å². The van der Waals surface area contributed by atoms with Crippen LogP contribution in [0.2, 0.25) is 0 Å². The second-order valence-corrected chi connectivity index (χ2v) is 8.71. The first-order valence-corrected chi connectivity index (χ1v) is 11.2. The third-order valence-electron chi connectivity index (χ3n) is 4.23. The molecule has 1 unspecified atom stereocenters. The van der Waals surface area contributed by atoms with Crippen molar-refractivity contribution in [1.82, 2.24) is 4.98 Å². The van der Waals surface area contributed by atoms with Crippen LogP contribution < -0.4 is 10.0 Å². The average molecular weight is 466 g/mol. The molecule has 3 aromatic rings. The Morgan fingerprint density at radius 2 is 1.77 bits per heavy atom. The number of thiazole rings is 1. The number of furan rings is 1. The van der Waals surface area contributed by atoms with Gasteiger partial charge in [0, 0.05) is 17.3 Å². The molecule has 1 aromatic carbocycles. The molecule has 0 bridgehead atoms. The van der Waals surface area contributed by atoms with E-state index in [1.165, 1.54) is 36.7 Å². The first-order chi connectivity index (χ1) is 14.9. The van der Waals surface area contributed by atoms with Crippen molar-refractivity contribution in [2.24, 2.45) is 5.92 Å². The Hall–Kier alpha value is -3.38. The number of carbonyl (C=O) groups excluding carboxylic acids is 2. The molecule has 0 saturated heterocycles. The number of anilines is 2. The van der Waals surface area contributed by atoms with E-state index in [0.29, 0.717) is 11.4 Å². The van der Waals surface area contributed by atoms with Gasteiger partial charge < -0.3 is 19.2 Å². The fourth-order valence-electron chi connectivity index (χ4n) is 2.77. The van der Waals surface area contributed by atoms with E-state index in [1.54, 1.807) is 17.5 Å². The number of rotatable bonds is 9. The molecule has 0 aliphatic carbocycles. The van der Waals surface area contributed by atoms with Crippen molar-refractivity contribution in [3.8, 4) is 0 Å². The maximum Gasteiger partial charge on any atom is 0.322 e. The summed E-state index contributed by atoms with van der Waals surface area (Å²) in [6.45, 7) is 0. The number of hydrogen-bond donors (Lipinski definition) is 2. The number of nitrogens with one attached hydrogen (secondary N) is 2. The van der Waals surface area contributed by atoms with Crippen LogP contribution in [0.3, 0.4) is 0 Å². The Morgan fingerprint density at radius 3 is 2.29 bits per heavy atom. The van der Waals surface area contributed by atoms with Crippen LogP contribution in [-0.2, 0) is 29.1 Å². The molecule has 164 valence electrons. The molecular weight excluding hydrogens is 446 g/mol. The Kier molecular flexibility index (Phi) is 6.92. The fourth-order valence-corrected chi connectivity index (χ4v) is 4.56. The summed E-state index contributed by atoms with van der Waals surface area (Å²) < 4.78 is 42.2. The highest BCUT2D eigenvalue weighted by molar-refractivity contribution is 7.93. The van der Waals surface area contributed by atoms with Crippen molar-refractivity contribution in [1.29, 1.82) is 0 Å². The van der Waals surface area contributed by atoms with Crippen LogP contribution in [0.25, 0.3) is 0 Å². The van der Waals surface area contributed by atoms with Crippen LogP contribution in [0, 0.1) is 5.92 Å². The van der Waals surface area contributed by atoms with Gasteiger partial charge in [0.05, 0.1) is 25.4 Å². The summed E-state index contributed by atoms with van der Waals surface area (Å²) in [5.41, 5.74) is 0.437. The summed E-state index contributed by atoms with van der Waals surface area (Å²) in [6, 6.07) is 8.00. The van der Waals surface area contributed by atoms with Gasteiger partial charge in [0.25, 0.3) is 10.0 Å². The first-order valence-electron chi connectivity index (χ1n) is 8.83. The highest BCUT2D eigenvalue weighted by atomic mass is 32.2. The lowest BCUT2D eigenvalue weighted by atomic mass is 9.97. The summed E-state index contributed by atoms with van der Waals surface area (Å²) in [4.78, 5) is 28.5. The van der Waals surface area contributed by atoms with Gasteiger partial charge in [-0.15, -0.1) is 11.3 Å². The van der Waals surface area contributed by atoms with Gasteiger partial charge in [-0.3, -0.25) is 14.3 Å². The largest absolute Gasteiger partial charge is 0.468 e. The Morgan fingerprint density at radius 1 is 1.10 bits per heavy atom. The van der Waals surface area contributed by atoms with Crippen LogP contribution in [0.4, 0.5) is 10.8 Å². The fraction of sp³-hybridized carbons (Fsp3) is 0.211. The highest BCUT2D eigenvalue weighted by Crippen LogP contribution is 2.30. The topological polar surface area (TPSA) is 137 Å². The number of methoxy groups -OCH3 is 2. The predicted octanol–water partition coefficient (Wildman–Crippen LogP) is 2.65. The number of nitrogens with zero attached hydrogens (tertiary/aromatic N) is 1. The molecule has 2 heterocycles. The quantitative estimate of drug-likeness (QED) is 0.361. The van der Waals surface area contributed by atoms with Crippen LogP contribution in [0.15, 0.2) is 63.6 Å². The summed E-state index contributed by atoms with van der Waals surface area (Å²) in [5, 5.41) is 4.92. The molecule has 2 N–H and O–H groups in total. The molecule has 3 rings (SSSR count). The number of aromatic nitrogens is 1. The molecule has 0 saturated carbocycles. The zero-order valence-corrected chi connectivity index (χ0v) is 18.1. The molecule has 10 nitrogen and oxygen atoms in total. The van der Waals surface area contributed by atoms with Crippen molar-refractivity contribution >= 4 is 44.1 Å². The number of carbonyl (C=O) groups is 2. The van der Waals surface area contributed by atoms with Crippen LogP contribution in [0.1, 0.15) is 11.8 Å². The van der Waals surface area contributed by atoms with Crippen LogP contribution in [-0.4, -0.2) is 39.6 Å². The maximum absolute atomic E-state index is 12.5. The van der Waals surface area contributed by atoms with Gasteiger partial charge in [-0.05, 0) is 36.4 Å². The SMILES string of the molecule is COC(=O)C(C(=O)OC)C(Nc1ccc(S(=O)(=O)Nc2nccs2)cc1)c1ccco1. The van der Waals surface area contributed by atoms with E-state index in [4.69, 9.17) is 13.9 Å². The van der Waals surface area contributed by atoms with Crippen molar-refractivity contribution in [2.45, 2.75) is 10.9 Å². The number of sulfonamides is 1. The minimum Gasteiger partial charge on any atom is -0.468 e. The molecule has 31 heavy (non-hydrogen) atoms.